The van der Waals surface area contributed by atoms with Gasteiger partial charge in [-0.3, -0.25) is 0 Å². The maximum absolute atomic E-state index is 5.83. The highest BCUT2D eigenvalue weighted by Crippen LogP contribution is 2.26. The first-order valence-corrected chi connectivity index (χ1v) is 8.02. The van der Waals surface area contributed by atoms with Crippen LogP contribution in [0.15, 0.2) is 83.4 Å². The molecule has 4 nitrogen and oxygen atoms in total. The number of aromatic nitrogens is 2. The first kappa shape index (κ1) is 15.1. The number of aryl methyl sites for hydroxylation is 1. The van der Waals surface area contributed by atoms with Gasteiger partial charge in [-0.1, -0.05) is 41.1 Å². The van der Waals surface area contributed by atoms with Crippen LogP contribution in [0, 0.1) is 6.92 Å². The van der Waals surface area contributed by atoms with E-state index < -0.39 is 0 Å². The van der Waals surface area contributed by atoms with Crippen LogP contribution in [0.25, 0.3) is 22.8 Å². The molecule has 4 heteroatoms. The molecule has 0 aliphatic carbocycles. The molecule has 0 saturated carbocycles. The summed E-state index contributed by atoms with van der Waals surface area (Å²) in [6, 6.07) is 25.3. The van der Waals surface area contributed by atoms with Crippen LogP contribution in [0.2, 0.25) is 0 Å². The fourth-order valence-corrected chi connectivity index (χ4v) is 2.45. The SMILES string of the molecule is Cc1ccc(Oc2ccc(-c3noc(-c4ccccc4)n3)cc2)cc1. The molecule has 0 amide bonds. The molecule has 0 aliphatic heterocycles. The van der Waals surface area contributed by atoms with E-state index in [9.17, 15) is 0 Å². The highest BCUT2D eigenvalue weighted by atomic mass is 16.5. The van der Waals surface area contributed by atoms with Gasteiger partial charge in [-0.05, 0) is 55.5 Å². The summed E-state index contributed by atoms with van der Waals surface area (Å²) in [7, 11) is 0. The normalized spacial score (nSPS) is 10.6. The van der Waals surface area contributed by atoms with Crippen molar-refractivity contribution in [3.8, 4) is 34.3 Å². The third kappa shape index (κ3) is 3.43. The molecule has 0 saturated heterocycles. The van der Waals surface area contributed by atoms with E-state index in [-0.39, 0.29) is 0 Å². The van der Waals surface area contributed by atoms with Crippen LogP contribution in [0.4, 0.5) is 0 Å². The molecule has 4 rings (SSSR count). The average molecular weight is 328 g/mol. The summed E-state index contributed by atoms with van der Waals surface area (Å²) in [6.45, 7) is 2.05. The quantitative estimate of drug-likeness (QED) is 0.496. The van der Waals surface area contributed by atoms with Crippen molar-refractivity contribution in [3.05, 3.63) is 84.4 Å². The van der Waals surface area contributed by atoms with Crippen molar-refractivity contribution in [1.82, 2.24) is 10.1 Å². The van der Waals surface area contributed by atoms with Gasteiger partial charge in [0.2, 0.25) is 5.82 Å². The minimum atomic E-state index is 0.510. The Morgan fingerprint density at radius 3 is 2.04 bits per heavy atom. The van der Waals surface area contributed by atoms with Crippen LogP contribution in [0.3, 0.4) is 0 Å². The Labute approximate surface area is 145 Å². The van der Waals surface area contributed by atoms with E-state index in [1.807, 2.05) is 85.8 Å². The lowest BCUT2D eigenvalue weighted by Gasteiger charge is -2.06. The molecule has 1 aromatic heterocycles. The van der Waals surface area contributed by atoms with Crippen LogP contribution in [-0.2, 0) is 0 Å². The van der Waals surface area contributed by atoms with Gasteiger partial charge < -0.3 is 9.26 Å². The lowest BCUT2D eigenvalue weighted by atomic mass is 10.2. The second-order valence-electron chi connectivity index (χ2n) is 5.73. The zero-order chi connectivity index (χ0) is 17.1. The van der Waals surface area contributed by atoms with Gasteiger partial charge in [0.25, 0.3) is 5.89 Å². The van der Waals surface area contributed by atoms with Gasteiger partial charge in [0, 0.05) is 11.1 Å². The first-order valence-electron chi connectivity index (χ1n) is 8.02. The summed E-state index contributed by atoms with van der Waals surface area (Å²) in [5.74, 6) is 2.64. The van der Waals surface area contributed by atoms with Crippen molar-refractivity contribution in [1.29, 1.82) is 0 Å². The smallest absolute Gasteiger partial charge is 0.258 e. The molecule has 0 unspecified atom stereocenters. The zero-order valence-electron chi connectivity index (χ0n) is 13.7. The molecule has 1 heterocycles. The van der Waals surface area contributed by atoms with E-state index in [1.54, 1.807) is 0 Å². The molecule has 4 aromatic rings. The summed E-state index contributed by atoms with van der Waals surface area (Å²) in [5, 5.41) is 4.06. The predicted octanol–water partition coefficient (Wildman–Crippen LogP) is 5.50. The first-order chi connectivity index (χ1) is 12.3. The van der Waals surface area contributed by atoms with Crippen LogP contribution >= 0.6 is 0 Å². The fourth-order valence-electron chi connectivity index (χ4n) is 2.45. The molecular weight excluding hydrogens is 312 g/mol. The van der Waals surface area contributed by atoms with Crippen LogP contribution in [0.5, 0.6) is 11.5 Å². The number of hydrogen-bond acceptors (Lipinski definition) is 4. The Kier molecular flexibility index (Phi) is 4.01. The third-order valence-electron chi connectivity index (χ3n) is 3.82. The van der Waals surface area contributed by atoms with Gasteiger partial charge in [-0.2, -0.15) is 4.98 Å². The molecule has 0 fully saturated rings. The highest BCUT2D eigenvalue weighted by molar-refractivity contribution is 5.60. The zero-order valence-corrected chi connectivity index (χ0v) is 13.7. The van der Waals surface area contributed by atoms with Crippen molar-refractivity contribution in [2.45, 2.75) is 6.92 Å². The van der Waals surface area contributed by atoms with E-state index in [0.717, 1.165) is 22.6 Å². The molecule has 0 radical (unpaired) electrons. The Morgan fingerprint density at radius 1 is 0.720 bits per heavy atom. The van der Waals surface area contributed by atoms with Gasteiger partial charge in [-0.25, -0.2) is 0 Å². The predicted molar refractivity (Wildman–Crippen MR) is 96.4 cm³/mol. The maximum Gasteiger partial charge on any atom is 0.258 e. The van der Waals surface area contributed by atoms with Crippen molar-refractivity contribution in [3.63, 3.8) is 0 Å². The summed E-state index contributed by atoms with van der Waals surface area (Å²) in [4.78, 5) is 4.46. The molecule has 122 valence electrons. The molecule has 0 bridgehead atoms. The van der Waals surface area contributed by atoms with Crippen LogP contribution < -0.4 is 4.74 Å². The average Bonchev–Trinajstić information content (AvgIpc) is 3.15. The summed E-state index contributed by atoms with van der Waals surface area (Å²) in [6.07, 6.45) is 0. The van der Waals surface area contributed by atoms with Crippen LogP contribution in [-0.4, -0.2) is 10.1 Å². The Hall–Kier alpha value is -3.40. The second kappa shape index (κ2) is 6.61. The molecule has 0 atom stereocenters. The monoisotopic (exact) mass is 328 g/mol. The molecule has 0 aliphatic rings. The largest absolute Gasteiger partial charge is 0.457 e. The van der Waals surface area contributed by atoms with Gasteiger partial charge in [0.05, 0.1) is 0 Å². The summed E-state index contributed by atoms with van der Waals surface area (Å²) in [5.41, 5.74) is 2.98. The third-order valence-corrected chi connectivity index (χ3v) is 3.82. The highest BCUT2D eigenvalue weighted by Gasteiger charge is 2.10. The summed E-state index contributed by atoms with van der Waals surface area (Å²) < 4.78 is 11.2. The van der Waals surface area contributed by atoms with Crippen molar-refractivity contribution < 1.29 is 9.26 Å². The number of ether oxygens (including phenoxy) is 1. The minimum absolute atomic E-state index is 0.510. The second-order valence-corrected chi connectivity index (χ2v) is 5.73. The van der Waals surface area contributed by atoms with E-state index >= 15 is 0 Å². The van der Waals surface area contributed by atoms with Crippen molar-refractivity contribution >= 4 is 0 Å². The van der Waals surface area contributed by atoms with Gasteiger partial charge in [0.15, 0.2) is 0 Å². The molecule has 25 heavy (non-hydrogen) atoms. The molecular formula is C21H16N2O2. The van der Waals surface area contributed by atoms with E-state index in [4.69, 9.17) is 9.26 Å². The van der Waals surface area contributed by atoms with Crippen molar-refractivity contribution in [2.24, 2.45) is 0 Å². The van der Waals surface area contributed by atoms with E-state index in [0.29, 0.717) is 11.7 Å². The van der Waals surface area contributed by atoms with Gasteiger partial charge in [-0.15, -0.1) is 0 Å². The lowest BCUT2D eigenvalue weighted by molar-refractivity contribution is 0.432. The molecule has 3 aromatic carbocycles. The minimum Gasteiger partial charge on any atom is -0.457 e. The fraction of sp³-hybridized carbons (Fsp3) is 0.0476. The number of hydrogen-bond donors (Lipinski definition) is 0. The topological polar surface area (TPSA) is 48.2 Å². The Bertz CT molecular complexity index is 959. The number of benzene rings is 3. The maximum atomic E-state index is 5.83. The van der Waals surface area contributed by atoms with E-state index in [1.165, 1.54) is 5.56 Å². The van der Waals surface area contributed by atoms with Gasteiger partial charge >= 0.3 is 0 Å². The van der Waals surface area contributed by atoms with Crippen LogP contribution in [0.1, 0.15) is 5.56 Å². The van der Waals surface area contributed by atoms with E-state index in [2.05, 4.69) is 10.1 Å². The summed E-state index contributed by atoms with van der Waals surface area (Å²) >= 11 is 0. The molecule has 0 spiro atoms. The Balaban J connectivity index is 1.52. The van der Waals surface area contributed by atoms with Gasteiger partial charge in [0.1, 0.15) is 11.5 Å². The molecule has 0 N–H and O–H groups in total. The Morgan fingerprint density at radius 2 is 1.36 bits per heavy atom. The lowest BCUT2D eigenvalue weighted by Crippen LogP contribution is -1.85. The number of nitrogens with zero attached hydrogens (tertiary/aromatic N) is 2. The standard InChI is InChI=1S/C21H16N2O2/c1-15-7-11-18(12-8-15)24-19-13-9-16(10-14-19)20-22-21(25-23-20)17-5-3-2-4-6-17/h2-14H,1H3. The number of rotatable bonds is 4. The van der Waals surface area contributed by atoms with Crippen molar-refractivity contribution in [2.75, 3.05) is 0 Å².